The number of nitrogens with one attached hydrogen (secondary N) is 1. The smallest absolute Gasteiger partial charge is 0.294 e. The molecule has 1 aromatic heterocycles. The zero-order chi connectivity index (χ0) is 18.0. The monoisotopic (exact) mass is 356 g/mol. The summed E-state index contributed by atoms with van der Waals surface area (Å²) in [6.45, 7) is 3.52. The molecule has 1 saturated heterocycles. The Labute approximate surface area is 148 Å². The van der Waals surface area contributed by atoms with Crippen molar-refractivity contribution >= 4 is 40.6 Å². The quantitative estimate of drug-likeness (QED) is 0.847. The molecule has 2 aromatic rings. The molecule has 0 atom stereocenters. The van der Waals surface area contributed by atoms with Gasteiger partial charge in [0.2, 0.25) is 5.91 Å². The number of thioether (sulfide) groups is 1. The van der Waals surface area contributed by atoms with E-state index in [1.807, 2.05) is 26.0 Å². The van der Waals surface area contributed by atoms with Crippen LogP contribution in [0.1, 0.15) is 16.9 Å². The lowest BCUT2D eigenvalue weighted by Gasteiger charge is -2.14. The molecule has 25 heavy (non-hydrogen) atoms. The second-order valence-electron chi connectivity index (χ2n) is 5.58. The molecule has 3 rings (SSSR count). The van der Waals surface area contributed by atoms with E-state index in [-0.39, 0.29) is 11.4 Å². The van der Waals surface area contributed by atoms with Crippen LogP contribution >= 0.6 is 11.8 Å². The van der Waals surface area contributed by atoms with Gasteiger partial charge in [0.15, 0.2) is 0 Å². The summed E-state index contributed by atoms with van der Waals surface area (Å²) in [6, 6.07) is 8.94. The summed E-state index contributed by atoms with van der Waals surface area (Å²) in [6.07, 6.45) is 2.97. The van der Waals surface area contributed by atoms with E-state index in [0.29, 0.717) is 11.4 Å². The van der Waals surface area contributed by atoms with Crippen LogP contribution in [0.4, 0.5) is 10.5 Å². The van der Waals surface area contributed by atoms with Gasteiger partial charge in [0.05, 0.1) is 11.2 Å². The summed E-state index contributed by atoms with van der Waals surface area (Å²) in [7, 11) is 0. The lowest BCUT2D eigenvalue weighted by Crippen LogP contribution is -2.36. The van der Waals surface area contributed by atoms with Gasteiger partial charge >= 0.3 is 0 Å². The molecule has 0 unspecified atom stereocenters. The lowest BCUT2D eigenvalue weighted by molar-refractivity contribution is -0.127. The first kappa shape index (κ1) is 17.0. The van der Waals surface area contributed by atoms with E-state index in [1.165, 1.54) is 12.3 Å². The maximum Gasteiger partial charge on any atom is 0.294 e. The SMILES string of the molecule is Cc1cccc(NC(=O)CN2C(=O)S/C(=C/c3ccco3)C2=O)c1C. The number of hydrogen-bond acceptors (Lipinski definition) is 5. The van der Waals surface area contributed by atoms with Crippen molar-refractivity contribution in [2.45, 2.75) is 13.8 Å². The number of rotatable bonds is 4. The standard InChI is InChI=1S/C18H16N2O4S/c1-11-5-3-7-14(12(11)2)19-16(21)10-20-17(22)15(25-18(20)23)9-13-6-4-8-24-13/h3-9H,10H2,1-2H3,(H,19,21)/b15-9+. The fourth-order valence-electron chi connectivity index (χ4n) is 2.36. The molecular formula is C18H16N2O4S. The van der Waals surface area contributed by atoms with Crippen LogP contribution in [0.5, 0.6) is 0 Å². The summed E-state index contributed by atoms with van der Waals surface area (Å²) in [5.41, 5.74) is 2.66. The molecule has 1 aliphatic heterocycles. The van der Waals surface area contributed by atoms with Crippen LogP contribution in [-0.2, 0) is 9.59 Å². The number of aryl methyl sites for hydroxylation is 1. The van der Waals surface area contributed by atoms with Gasteiger partial charge in [-0.25, -0.2) is 0 Å². The van der Waals surface area contributed by atoms with Crippen LogP contribution in [-0.4, -0.2) is 28.5 Å². The van der Waals surface area contributed by atoms with Crippen molar-refractivity contribution in [2.75, 3.05) is 11.9 Å². The predicted molar refractivity (Wildman–Crippen MR) is 95.9 cm³/mol. The number of benzene rings is 1. The average Bonchev–Trinajstić information content (AvgIpc) is 3.16. The van der Waals surface area contributed by atoms with Crippen LogP contribution < -0.4 is 5.32 Å². The number of nitrogens with zero attached hydrogens (tertiary/aromatic N) is 1. The van der Waals surface area contributed by atoms with Gasteiger partial charge in [-0.15, -0.1) is 0 Å². The van der Waals surface area contributed by atoms with Gasteiger partial charge in [0.25, 0.3) is 11.1 Å². The highest BCUT2D eigenvalue weighted by atomic mass is 32.2. The number of anilines is 1. The number of carbonyl (C=O) groups excluding carboxylic acids is 3. The van der Waals surface area contributed by atoms with Crippen molar-refractivity contribution in [2.24, 2.45) is 0 Å². The topological polar surface area (TPSA) is 79.6 Å². The van der Waals surface area contributed by atoms with E-state index in [9.17, 15) is 14.4 Å². The van der Waals surface area contributed by atoms with Crippen LogP contribution in [0.15, 0.2) is 45.9 Å². The van der Waals surface area contributed by atoms with Crippen molar-refractivity contribution in [1.29, 1.82) is 0 Å². The largest absolute Gasteiger partial charge is 0.465 e. The molecule has 128 valence electrons. The van der Waals surface area contributed by atoms with E-state index in [1.54, 1.807) is 18.2 Å². The molecule has 7 heteroatoms. The van der Waals surface area contributed by atoms with Gasteiger partial charge in [-0.1, -0.05) is 12.1 Å². The average molecular weight is 356 g/mol. The normalized spacial score (nSPS) is 15.9. The molecule has 0 radical (unpaired) electrons. The Morgan fingerprint density at radius 3 is 2.76 bits per heavy atom. The Balaban J connectivity index is 1.70. The zero-order valence-electron chi connectivity index (χ0n) is 13.7. The number of furan rings is 1. The van der Waals surface area contributed by atoms with Crippen molar-refractivity contribution in [3.8, 4) is 0 Å². The number of imide groups is 1. The van der Waals surface area contributed by atoms with E-state index in [4.69, 9.17) is 4.42 Å². The highest BCUT2D eigenvalue weighted by molar-refractivity contribution is 8.18. The van der Waals surface area contributed by atoms with Crippen molar-refractivity contribution in [1.82, 2.24) is 4.90 Å². The third-order valence-corrected chi connectivity index (χ3v) is 4.78. The molecule has 3 amide bonds. The molecule has 2 heterocycles. The molecule has 0 aliphatic carbocycles. The Hall–Kier alpha value is -2.80. The highest BCUT2D eigenvalue weighted by Gasteiger charge is 2.36. The third-order valence-electron chi connectivity index (χ3n) is 3.87. The van der Waals surface area contributed by atoms with E-state index in [0.717, 1.165) is 27.8 Å². The fraction of sp³-hybridized carbons (Fsp3) is 0.167. The van der Waals surface area contributed by atoms with Gasteiger partial charge < -0.3 is 9.73 Å². The Kier molecular flexibility index (Phi) is 4.76. The Morgan fingerprint density at radius 1 is 1.24 bits per heavy atom. The molecule has 1 N–H and O–H groups in total. The third kappa shape index (κ3) is 3.66. The second-order valence-corrected chi connectivity index (χ2v) is 6.57. The summed E-state index contributed by atoms with van der Waals surface area (Å²) in [5, 5.41) is 2.27. The maximum absolute atomic E-state index is 12.3. The molecular weight excluding hydrogens is 340 g/mol. The van der Waals surface area contributed by atoms with Gasteiger partial charge in [0.1, 0.15) is 12.3 Å². The number of amides is 3. The molecule has 1 aliphatic rings. The van der Waals surface area contributed by atoms with E-state index >= 15 is 0 Å². The van der Waals surface area contributed by atoms with Crippen LogP contribution in [0, 0.1) is 13.8 Å². The number of hydrogen-bond donors (Lipinski definition) is 1. The fourth-order valence-corrected chi connectivity index (χ4v) is 3.18. The molecule has 0 spiro atoms. The lowest BCUT2D eigenvalue weighted by atomic mass is 10.1. The Bertz CT molecular complexity index is 871. The van der Waals surface area contributed by atoms with Crippen molar-refractivity contribution in [3.63, 3.8) is 0 Å². The minimum atomic E-state index is -0.498. The molecule has 1 fully saturated rings. The Morgan fingerprint density at radius 2 is 2.04 bits per heavy atom. The van der Waals surface area contributed by atoms with Gasteiger partial charge in [-0.2, -0.15) is 0 Å². The second kappa shape index (κ2) is 6.98. The summed E-state index contributed by atoms with van der Waals surface area (Å²) in [4.78, 5) is 37.8. The molecule has 6 nitrogen and oxygen atoms in total. The zero-order valence-corrected chi connectivity index (χ0v) is 14.6. The van der Waals surface area contributed by atoms with Crippen LogP contribution in [0.2, 0.25) is 0 Å². The molecule has 1 aromatic carbocycles. The molecule has 0 saturated carbocycles. The summed E-state index contributed by atoms with van der Waals surface area (Å²) >= 11 is 0.792. The van der Waals surface area contributed by atoms with E-state index in [2.05, 4.69) is 5.32 Å². The number of carbonyl (C=O) groups is 3. The minimum Gasteiger partial charge on any atom is -0.465 e. The van der Waals surface area contributed by atoms with E-state index < -0.39 is 17.1 Å². The first-order valence-electron chi connectivity index (χ1n) is 7.60. The minimum absolute atomic E-state index is 0.236. The van der Waals surface area contributed by atoms with Crippen molar-refractivity contribution in [3.05, 3.63) is 58.4 Å². The first-order valence-corrected chi connectivity index (χ1v) is 8.42. The van der Waals surface area contributed by atoms with Gasteiger partial charge in [0, 0.05) is 11.8 Å². The van der Waals surface area contributed by atoms with Gasteiger partial charge in [-0.3, -0.25) is 19.3 Å². The summed E-state index contributed by atoms with van der Waals surface area (Å²) < 4.78 is 5.15. The van der Waals surface area contributed by atoms with Gasteiger partial charge in [-0.05, 0) is 54.9 Å². The predicted octanol–water partition coefficient (Wildman–Crippen LogP) is 3.57. The first-order chi connectivity index (χ1) is 12.0. The maximum atomic E-state index is 12.3. The van der Waals surface area contributed by atoms with Crippen LogP contribution in [0.3, 0.4) is 0 Å². The van der Waals surface area contributed by atoms with Crippen LogP contribution in [0.25, 0.3) is 6.08 Å². The molecule has 0 bridgehead atoms. The highest BCUT2D eigenvalue weighted by Crippen LogP contribution is 2.32. The van der Waals surface area contributed by atoms with Crippen molar-refractivity contribution < 1.29 is 18.8 Å². The summed E-state index contributed by atoms with van der Waals surface area (Å²) in [5.74, 6) is -0.442.